The van der Waals surface area contributed by atoms with Crippen molar-refractivity contribution in [3.8, 4) is 5.75 Å². The van der Waals surface area contributed by atoms with Crippen LogP contribution in [0.4, 0.5) is 0 Å². The summed E-state index contributed by atoms with van der Waals surface area (Å²) in [5.41, 5.74) is 17.0. The van der Waals surface area contributed by atoms with Crippen LogP contribution in [-0.4, -0.2) is 76.3 Å². The lowest BCUT2D eigenvalue weighted by atomic mass is 10.0. The van der Waals surface area contributed by atoms with Crippen molar-refractivity contribution in [2.75, 3.05) is 12.3 Å². The highest BCUT2D eigenvalue weighted by Gasteiger charge is 2.31. The molecule has 0 aliphatic heterocycles. The van der Waals surface area contributed by atoms with E-state index in [9.17, 15) is 29.4 Å². The quantitative estimate of drug-likeness (QED) is 0.0541. The highest BCUT2D eigenvalue weighted by Crippen LogP contribution is 2.12. The second-order valence-corrected chi connectivity index (χ2v) is 9.16. The van der Waals surface area contributed by atoms with Gasteiger partial charge in [-0.25, -0.2) is 4.79 Å². The number of aliphatic carboxylic acids is 1. The van der Waals surface area contributed by atoms with E-state index >= 15 is 0 Å². The van der Waals surface area contributed by atoms with Gasteiger partial charge in [-0.15, -0.1) is 0 Å². The van der Waals surface area contributed by atoms with Gasteiger partial charge in [-0.05, 0) is 36.5 Å². The lowest BCUT2D eigenvalue weighted by Crippen LogP contribution is -2.58. The van der Waals surface area contributed by atoms with Gasteiger partial charge in [0.1, 0.15) is 23.9 Å². The number of guanidine groups is 1. The van der Waals surface area contributed by atoms with Crippen molar-refractivity contribution in [2.24, 2.45) is 28.1 Å². The maximum absolute atomic E-state index is 13.3. The summed E-state index contributed by atoms with van der Waals surface area (Å²) in [7, 11) is 0. The smallest absolute Gasteiger partial charge is 0.326 e. The normalized spacial score (nSPS) is 14.1. The van der Waals surface area contributed by atoms with Crippen molar-refractivity contribution in [1.82, 2.24) is 16.0 Å². The van der Waals surface area contributed by atoms with Crippen molar-refractivity contribution < 1.29 is 29.4 Å². The second kappa shape index (κ2) is 15.6. The molecule has 206 valence electrons. The number of thiol groups is 1. The van der Waals surface area contributed by atoms with Crippen LogP contribution in [0.3, 0.4) is 0 Å². The summed E-state index contributed by atoms with van der Waals surface area (Å²) in [6.45, 7) is 3.46. The first-order chi connectivity index (χ1) is 17.3. The number of rotatable bonds is 15. The van der Waals surface area contributed by atoms with Crippen LogP contribution in [0.5, 0.6) is 5.75 Å². The Kier molecular flexibility index (Phi) is 13.3. The summed E-state index contributed by atoms with van der Waals surface area (Å²) in [6.07, 6.45) is 0.424. The topological polar surface area (TPSA) is 235 Å². The standard InChI is InChI=1S/C23H37N7O6S/c1-12(2)18(22(35)36)30-20(33)16(4-3-9-27-23(25)26)28-21(34)17(29-19(32)15(24)11-37)10-13-5-7-14(31)8-6-13/h5-8,12,15-18,31,37H,3-4,9-11,24H2,1-2H3,(H,28,34)(H,29,32)(H,30,33)(H,35,36)(H4,25,26,27). The Morgan fingerprint density at radius 3 is 2.05 bits per heavy atom. The van der Waals surface area contributed by atoms with Crippen LogP contribution >= 0.6 is 12.6 Å². The van der Waals surface area contributed by atoms with Crippen molar-refractivity contribution in [1.29, 1.82) is 0 Å². The van der Waals surface area contributed by atoms with E-state index < -0.39 is 53.8 Å². The summed E-state index contributed by atoms with van der Waals surface area (Å²) in [6, 6.07) is 1.62. The molecule has 13 nitrogen and oxygen atoms in total. The molecule has 3 amide bonds. The molecule has 0 heterocycles. The summed E-state index contributed by atoms with van der Waals surface area (Å²) in [5.74, 6) is -3.70. The maximum atomic E-state index is 13.3. The molecule has 4 unspecified atom stereocenters. The fourth-order valence-corrected chi connectivity index (χ4v) is 3.42. The molecule has 0 spiro atoms. The Labute approximate surface area is 221 Å². The van der Waals surface area contributed by atoms with E-state index in [4.69, 9.17) is 17.2 Å². The summed E-state index contributed by atoms with van der Waals surface area (Å²) >= 11 is 4.01. The predicted octanol–water partition coefficient (Wildman–Crippen LogP) is -1.56. The molecule has 0 saturated carbocycles. The predicted molar refractivity (Wildman–Crippen MR) is 142 cm³/mol. The molecular weight excluding hydrogens is 502 g/mol. The monoisotopic (exact) mass is 539 g/mol. The van der Waals surface area contributed by atoms with E-state index in [0.29, 0.717) is 12.0 Å². The zero-order valence-electron chi connectivity index (χ0n) is 20.9. The Morgan fingerprint density at radius 2 is 1.54 bits per heavy atom. The number of carboxylic acid groups (broad SMARTS) is 1. The molecule has 0 saturated heterocycles. The van der Waals surface area contributed by atoms with E-state index in [2.05, 4.69) is 33.6 Å². The average Bonchev–Trinajstić information content (AvgIpc) is 2.83. The molecule has 0 fully saturated rings. The number of carboxylic acids is 1. The van der Waals surface area contributed by atoms with Crippen molar-refractivity contribution in [3.63, 3.8) is 0 Å². The summed E-state index contributed by atoms with van der Waals surface area (Å²) < 4.78 is 0. The van der Waals surface area contributed by atoms with E-state index in [1.54, 1.807) is 26.0 Å². The number of nitrogens with one attached hydrogen (secondary N) is 3. The van der Waals surface area contributed by atoms with Gasteiger partial charge < -0.3 is 43.4 Å². The SMILES string of the molecule is CC(C)C(NC(=O)C(CCCN=C(N)N)NC(=O)C(Cc1ccc(O)cc1)NC(=O)C(N)CS)C(=O)O. The highest BCUT2D eigenvalue weighted by atomic mass is 32.1. The van der Waals surface area contributed by atoms with Crippen LogP contribution in [0.15, 0.2) is 29.3 Å². The fraction of sp³-hybridized carbons (Fsp3) is 0.522. The summed E-state index contributed by atoms with van der Waals surface area (Å²) in [5, 5.41) is 26.6. The molecule has 0 aliphatic carbocycles. The largest absolute Gasteiger partial charge is 0.508 e. The average molecular weight is 540 g/mol. The molecular formula is C23H37N7O6S. The van der Waals surface area contributed by atoms with Crippen LogP contribution in [0.25, 0.3) is 0 Å². The Hall–Kier alpha value is -3.52. The van der Waals surface area contributed by atoms with Gasteiger partial charge in [0.2, 0.25) is 17.7 Å². The third-order valence-electron chi connectivity index (χ3n) is 5.35. The number of hydrogen-bond acceptors (Lipinski definition) is 8. The van der Waals surface area contributed by atoms with Gasteiger partial charge >= 0.3 is 5.97 Å². The number of aromatic hydroxyl groups is 1. The Bertz CT molecular complexity index is 953. The van der Waals surface area contributed by atoms with Crippen LogP contribution in [0.1, 0.15) is 32.3 Å². The molecule has 0 aliphatic rings. The number of aliphatic imine (C=N–C) groups is 1. The minimum Gasteiger partial charge on any atom is -0.508 e. The van der Waals surface area contributed by atoms with E-state index in [-0.39, 0.29) is 36.8 Å². The lowest BCUT2D eigenvalue weighted by Gasteiger charge is -2.26. The molecule has 11 N–H and O–H groups in total. The minimum atomic E-state index is -1.22. The molecule has 0 aromatic heterocycles. The van der Waals surface area contributed by atoms with Crippen LogP contribution in [0.2, 0.25) is 0 Å². The molecule has 1 aromatic rings. The number of carbonyl (C=O) groups excluding carboxylic acids is 3. The molecule has 14 heteroatoms. The van der Waals surface area contributed by atoms with Crippen LogP contribution < -0.4 is 33.2 Å². The first-order valence-electron chi connectivity index (χ1n) is 11.7. The molecule has 37 heavy (non-hydrogen) atoms. The Morgan fingerprint density at radius 1 is 0.973 bits per heavy atom. The van der Waals surface area contributed by atoms with Crippen molar-refractivity contribution >= 4 is 42.3 Å². The number of nitrogens with two attached hydrogens (primary N) is 3. The van der Waals surface area contributed by atoms with Crippen molar-refractivity contribution in [2.45, 2.75) is 57.3 Å². The molecule has 4 atom stereocenters. The molecule has 1 aromatic carbocycles. The number of amides is 3. The number of phenols is 1. The van der Waals surface area contributed by atoms with Gasteiger partial charge in [-0.3, -0.25) is 19.4 Å². The number of nitrogens with zero attached hydrogens (tertiary/aromatic N) is 1. The van der Waals surface area contributed by atoms with Crippen LogP contribution in [0, 0.1) is 5.92 Å². The minimum absolute atomic E-state index is 0.0292. The fourth-order valence-electron chi connectivity index (χ4n) is 3.25. The first-order valence-corrected chi connectivity index (χ1v) is 12.3. The van der Waals surface area contributed by atoms with Gasteiger partial charge in [-0.2, -0.15) is 12.6 Å². The van der Waals surface area contributed by atoms with Gasteiger partial charge in [0, 0.05) is 18.7 Å². The van der Waals surface area contributed by atoms with Crippen molar-refractivity contribution in [3.05, 3.63) is 29.8 Å². The maximum Gasteiger partial charge on any atom is 0.326 e. The van der Waals surface area contributed by atoms with E-state index in [1.165, 1.54) is 12.1 Å². The number of carbonyl (C=O) groups is 4. The van der Waals surface area contributed by atoms with Gasteiger partial charge in [0.05, 0.1) is 6.04 Å². The third kappa shape index (κ3) is 11.4. The van der Waals surface area contributed by atoms with Gasteiger partial charge in [0.15, 0.2) is 5.96 Å². The zero-order chi connectivity index (χ0) is 28.1. The van der Waals surface area contributed by atoms with Gasteiger partial charge in [0.25, 0.3) is 0 Å². The Balaban J connectivity index is 3.15. The second-order valence-electron chi connectivity index (χ2n) is 8.80. The number of hydrogen-bond donors (Lipinski definition) is 9. The van der Waals surface area contributed by atoms with E-state index in [1.807, 2.05) is 0 Å². The molecule has 0 bridgehead atoms. The number of phenolic OH excluding ortho intramolecular Hbond substituents is 1. The molecule has 1 rings (SSSR count). The third-order valence-corrected chi connectivity index (χ3v) is 5.74. The zero-order valence-corrected chi connectivity index (χ0v) is 21.8. The summed E-state index contributed by atoms with van der Waals surface area (Å²) in [4.78, 5) is 54.1. The lowest BCUT2D eigenvalue weighted by molar-refractivity contribution is -0.143. The van der Waals surface area contributed by atoms with Crippen LogP contribution in [-0.2, 0) is 25.6 Å². The van der Waals surface area contributed by atoms with E-state index in [0.717, 1.165) is 0 Å². The van der Waals surface area contributed by atoms with Gasteiger partial charge in [-0.1, -0.05) is 26.0 Å². The highest BCUT2D eigenvalue weighted by molar-refractivity contribution is 7.80. The number of benzene rings is 1. The first kappa shape index (κ1) is 31.5. The molecule has 0 radical (unpaired) electrons.